The molecule has 0 spiro atoms. The van der Waals surface area contributed by atoms with E-state index in [1.54, 1.807) is 48.0 Å². The van der Waals surface area contributed by atoms with Crippen LogP contribution in [0.5, 0.6) is 40.2 Å². The average Bonchev–Trinajstić information content (AvgIpc) is 3.07. The first-order chi connectivity index (χ1) is 23.7. The Bertz CT molecular complexity index is 2680. The highest BCUT2D eigenvalue weighted by atomic mass is 16.6. The van der Waals surface area contributed by atoms with E-state index in [0.717, 1.165) is 0 Å². The van der Waals surface area contributed by atoms with Gasteiger partial charge in [0.2, 0.25) is 10.9 Å². The molecule has 8 rings (SSSR count). The molecule has 0 saturated carbocycles. The van der Waals surface area contributed by atoms with Gasteiger partial charge in [-0.2, -0.15) is 0 Å². The van der Waals surface area contributed by atoms with E-state index < -0.39 is 16.6 Å². The van der Waals surface area contributed by atoms with Crippen LogP contribution in [0, 0.1) is 0 Å². The summed E-state index contributed by atoms with van der Waals surface area (Å²) in [7, 11) is 4.98. The number of para-hydroxylation sites is 1. The summed E-state index contributed by atoms with van der Waals surface area (Å²) in [6, 6.07) is 10.9. The van der Waals surface area contributed by atoms with Gasteiger partial charge in [0.25, 0.3) is 0 Å². The number of hydrogen-bond acceptors (Lipinski definition) is 9. The van der Waals surface area contributed by atoms with Gasteiger partial charge in [0.15, 0.2) is 17.1 Å². The number of methoxy groups -OCH3 is 1. The number of pyridine rings is 2. The van der Waals surface area contributed by atoms with Gasteiger partial charge in [0.1, 0.15) is 41.0 Å². The summed E-state index contributed by atoms with van der Waals surface area (Å²) in [6.07, 6.45) is 7.34. The quantitative estimate of drug-likeness (QED) is 0.186. The lowest BCUT2D eigenvalue weighted by atomic mass is 9.97. The van der Waals surface area contributed by atoms with E-state index in [0.29, 0.717) is 61.6 Å². The standard InChI is InChI=1S/C39H34N2O9/c1-38(2)14-12-20-28(49-38)17-25(44)30-33(20)41(5)34-22(36(30)46)10-11-26-37(34)48-18-39(3,50-26)15-13-19-27(47-6)16-24(43)29-32(19)40(4)31-21(35(29)45)8-7-9-23(31)42/h7-17,42-44H,18H2,1-6H3/b15-13-/t39-/m1/s1. The smallest absolute Gasteiger partial charge is 0.201 e. The minimum absolute atomic E-state index is 0.0537. The molecule has 6 aromatic rings. The van der Waals surface area contributed by atoms with Gasteiger partial charge in [0.05, 0.1) is 50.7 Å². The first-order valence-corrected chi connectivity index (χ1v) is 16.0. The molecule has 0 fully saturated rings. The molecule has 11 heteroatoms. The third-order valence-electron chi connectivity index (χ3n) is 9.65. The van der Waals surface area contributed by atoms with Crippen molar-refractivity contribution in [3.05, 3.63) is 86.2 Å². The molecule has 4 heterocycles. The van der Waals surface area contributed by atoms with Crippen molar-refractivity contribution >= 4 is 55.8 Å². The van der Waals surface area contributed by atoms with Crippen molar-refractivity contribution in [1.82, 2.24) is 9.13 Å². The van der Waals surface area contributed by atoms with Crippen LogP contribution < -0.4 is 29.8 Å². The average molecular weight is 675 g/mol. The third kappa shape index (κ3) is 4.35. The maximum absolute atomic E-state index is 13.9. The molecule has 0 unspecified atom stereocenters. The summed E-state index contributed by atoms with van der Waals surface area (Å²) in [5, 5.41) is 33.5. The molecule has 0 bridgehead atoms. The topological polar surface area (TPSA) is 142 Å². The molecule has 0 aliphatic carbocycles. The van der Waals surface area contributed by atoms with Crippen LogP contribution in [-0.4, -0.2) is 49.4 Å². The Kier molecular flexibility index (Phi) is 6.52. The Labute approximate surface area is 285 Å². The normalized spacial score (nSPS) is 17.9. The molecule has 0 saturated heterocycles. The second-order valence-corrected chi connectivity index (χ2v) is 13.6. The lowest BCUT2D eigenvalue weighted by molar-refractivity contribution is 0.0461. The van der Waals surface area contributed by atoms with E-state index in [4.69, 9.17) is 18.9 Å². The summed E-state index contributed by atoms with van der Waals surface area (Å²) in [6.45, 7) is 5.71. The molecular weight excluding hydrogens is 640 g/mol. The van der Waals surface area contributed by atoms with E-state index >= 15 is 0 Å². The Morgan fingerprint density at radius 2 is 1.48 bits per heavy atom. The van der Waals surface area contributed by atoms with Crippen molar-refractivity contribution in [3.63, 3.8) is 0 Å². The Hall–Kier alpha value is -6.10. The Balaban J connectivity index is 1.27. The number of benzene rings is 4. The Morgan fingerprint density at radius 1 is 0.800 bits per heavy atom. The summed E-state index contributed by atoms with van der Waals surface area (Å²) >= 11 is 0. The molecule has 1 atom stereocenters. The van der Waals surface area contributed by atoms with Crippen LogP contribution >= 0.6 is 0 Å². The van der Waals surface area contributed by atoms with Gasteiger partial charge in [0, 0.05) is 37.4 Å². The van der Waals surface area contributed by atoms with Crippen LogP contribution in [0.25, 0.3) is 55.8 Å². The molecule has 4 aromatic carbocycles. The molecule has 2 aliphatic heterocycles. The van der Waals surface area contributed by atoms with Crippen LogP contribution in [0.15, 0.2) is 64.2 Å². The molecule has 2 aromatic heterocycles. The maximum atomic E-state index is 13.9. The first-order valence-electron chi connectivity index (χ1n) is 16.0. The fourth-order valence-electron chi connectivity index (χ4n) is 7.30. The highest BCUT2D eigenvalue weighted by Crippen LogP contribution is 2.45. The van der Waals surface area contributed by atoms with Crippen molar-refractivity contribution in [3.8, 4) is 40.2 Å². The number of phenols is 3. The zero-order chi connectivity index (χ0) is 35.4. The highest BCUT2D eigenvalue weighted by Gasteiger charge is 2.34. The zero-order valence-corrected chi connectivity index (χ0v) is 28.2. The molecule has 254 valence electrons. The van der Waals surface area contributed by atoms with Gasteiger partial charge in [-0.15, -0.1) is 0 Å². The van der Waals surface area contributed by atoms with Crippen LogP contribution in [-0.2, 0) is 14.1 Å². The van der Waals surface area contributed by atoms with Gasteiger partial charge in [-0.3, -0.25) is 9.59 Å². The van der Waals surface area contributed by atoms with Crippen LogP contribution in [0.2, 0.25) is 0 Å². The predicted octanol–water partition coefficient (Wildman–Crippen LogP) is 6.25. The number of phenolic OH excluding ortho intramolecular Hbond substituents is 3. The Morgan fingerprint density at radius 3 is 2.22 bits per heavy atom. The van der Waals surface area contributed by atoms with Gasteiger partial charge in [-0.25, -0.2) is 0 Å². The van der Waals surface area contributed by atoms with E-state index in [9.17, 15) is 24.9 Å². The van der Waals surface area contributed by atoms with Gasteiger partial charge in [-0.05, 0) is 69.3 Å². The second kappa shape index (κ2) is 10.4. The number of aryl methyl sites for hydroxylation is 2. The second-order valence-electron chi connectivity index (χ2n) is 13.6. The van der Waals surface area contributed by atoms with Crippen LogP contribution in [0.3, 0.4) is 0 Å². The van der Waals surface area contributed by atoms with Gasteiger partial charge < -0.3 is 43.4 Å². The monoisotopic (exact) mass is 674 g/mol. The number of ether oxygens (including phenoxy) is 4. The molecule has 0 radical (unpaired) electrons. The molecule has 2 aliphatic rings. The maximum Gasteiger partial charge on any atom is 0.201 e. The van der Waals surface area contributed by atoms with Crippen molar-refractivity contribution in [2.24, 2.45) is 14.1 Å². The lowest BCUT2D eigenvalue weighted by Crippen LogP contribution is -2.40. The summed E-state index contributed by atoms with van der Waals surface area (Å²) in [5.41, 5.74) is 0.454. The van der Waals surface area contributed by atoms with E-state index in [1.807, 2.05) is 44.5 Å². The number of hydrogen-bond donors (Lipinski definition) is 3. The first kappa shape index (κ1) is 31.2. The molecule has 0 amide bonds. The van der Waals surface area contributed by atoms with Crippen LogP contribution in [0.1, 0.15) is 31.9 Å². The number of rotatable bonds is 3. The van der Waals surface area contributed by atoms with Crippen molar-refractivity contribution in [2.75, 3.05) is 13.7 Å². The lowest BCUT2D eigenvalue weighted by Gasteiger charge is -2.34. The van der Waals surface area contributed by atoms with Gasteiger partial charge in [-0.1, -0.05) is 6.07 Å². The van der Waals surface area contributed by atoms with Crippen molar-refractivity contribution < 1.29 is 34.3 Å². The zero-order valence-electron chi connectivity index (χ0n) is 28.2. The molecule has 3 N–H and O–H groups in total. The number of aromatic nitrogens is 2. The van der Waals surface area contributed by atoms with Crippen molar-refractivity contribution in [2.45, 2.75) is 32.0 Å². The van der Waals surface area contributed by atoms with Crippen LogP contribution in [0.4, 0.5) is 0 Å². The minimum atomic E-state index is -1.02. The summed E-state index contributed by atoms with van der Waals surface area (Å²) < 4.78 is 28.2. The molecule has 11 nitrogen and oxygen atoms in total. The van der Waals surface area contributed by atoms with Crippen molar-refractivity contribution in [1.29, 1.82) is 0 Å². The molecule has 50 heavy (non-hydrogen) atoms. The SMILES string of the molecule is COc1cc(O)c2c(=O)c3cccc(O)c3n(C)c2c1/C=C\[C@]1(C)COc2c(ccc3c(=O)c4c(O)cc5c(c4n(C)c23)C=CC(C)(C)O5)O1. The number of fused-ring (bicyclic) bond motifs is 8. The summed E-state index contributed by atoms with van der Waals surface area (Å²) in [4.78, 5) is 27.5. The van der Waals surface area contributed by atoms with E-state index in [-0.39, 0.29) is 45.4 Å². The highest BCUT2D eigenvalue weighted by molar-refractivity contribution is 6.05. The largest absolute Gasteiger partial charge is 0.507 e. The van der Waals surface area contributed by atoms with Gasteiger partial charge >= 0.3 is 0 Å². The third-order valence-corrected chi connectivity index (χ3v) is 9.65. The number of aromatic hydroxyl groups is 3. The molecular formula is C39H34N2O9. The fraction of sp³-hybridized carbons (Fsp3) is 0.231. The number of nitrogens with zero attached hydrogens (tertiary/aromatic N) is 2. The fourth-order valence-corrected chi connectivity index (χ4v) is 7.30. The van der Waals surface area contributed by atoms with E-state index in [2.05, 4.69) is 0 Å². The van der Waals surface area contributed by atoms with E-state index in [1.165, 1.54) is 25.3 Å². The predicted molar refractivity (Wildman–Crippen MR) is 192 cm³/mol. The minimum Gasteiger partial charge on any atom is -0.507 e. The summed E-state index contributed by atoms with van der Waals surface area (Å²) in [5.74, 6) is 1.06.